The standard InChI is InChI=1S/C15H20N2O2S/c1-11-10-20-15(17-11)14(16-8-9-18-2)12-4-6-13(19-3)7-5-12/h4-7,10,14,16H,8-9H2,1-3H3. The van der Waals surface area contributed by atoms with E-state index < -0.39 is 0 Å². The van der Waals surface area contributed by atoms with Crippen LogP contribution in [0.25, 0.3) is 0 Å². The lowest BCUT2D eigenvalue weighted by Crippen LogP contribution is -2.25. The van der Waals surface area contributed by atoms with Crippen LogP contribution in [0.5, 0.6) is 5.75 Å². The summed E-state index contributed by atoms with van der Waals surface area (Å²) in [5, 5.41) is 6.63. The van der Waals surface area contributed by atoms with Gasteiger partial charge in [-0.05, 0) is 24.6 Å². The second-order valence-electron chi connectivity index (χ2n) is 4.48. The molecule has 1 aromatic heterocycles. The number of methoxy groups -OCH3 is 2. The Balaban J connectivity index is 2.20. The number of nitrogens with one attached hydrogen (secondary N) is 1. The first-order valence-corrected chi connectivity index (χ1v) is 7.41. The second kappa shape index (κ2) is 7.38. The molecule has 0 bridgehead atoms. The molecule has 0 aliphatic carbocycles. The predicted molar refractivity (Wildman–Crippen MR) is 81.6 cm³/mol. The van der Waals surface area contributed by atoms with Crippen molar-refractivity contribution in [1.82, 2.24) is 10.3 Å². The first-order chi connectivity index (χ1) is 9.74. The summed E-state index contributed by atoms with van der Waals surface area (Å²) in [6.45, 7) is 3.48. The van der Waals surface area contributed by atoms with Crippen LogP contribution in [0, 0.1) is 6.92 Å². The Morgan fingerprint density at radius 1 is 1.25 bits per heavy atom. The third kappa shape index (κ3) is 3.79. The van der Waals surface area contributed by atoms with Crippen molar-refractivity contribution in [2.24, 2.45) is 0 Å². The van der Waals surface area contributed by atoms with Crippen molar-refractivity contribution in [2.75, 3.05) is 27.4 Å². The summed E-state index contributed by atoms with van der Waals surface area (Å²) in [7, 11) is 3.38. The molecule has 0 saturated carbocycles. The Morgan fingerprint density at radius 3 is 2.55 bits per heavy atom. The third-order valence-electron chi connectivity index (χ3n) is 2.99. The number of benzene rings is 1. The number of thiazole rings is 1. The van der Waals surface area contributed by atoms with Gasteiger partial charge < -0.3 is 14.8 Å². The van der Waals surface area contributed by atoms with Gasteiger partial charge in [0.2, 0.25) is 0 Å². The highest BCUT2D eigenvalue weighted by Gasteiger charge is 2.16. The van der Waals surface area contributed by atoms with Gasteiger partial charge in [-0.15, -0.1) is 11.3 Å². The van der Waals surface area contributed by atoms with E-state index in [1.54, 1.807) is 25.6 Å². The number of rotatable bonds is 7. The minimum absolute atomic E-state index is 0.0924. The van der Waals surface area contributed by atoms with Gasteiger partial charge in [0.25, 0.3) is 0 Å². The molecular weight excluding hydrogens is 272 g/mol. The van der Waals surface area contributed by atoms with Crippen LogP contribution in [0.2, 0.25) is 0 Å². The van der Waals surface area contributed by atoms with E-state index in [0.29, 0.717) is 6.61 Å². The predicted octanol–water partition coefficient (Wildman–Crippen LogP) is 2.79. The first kappa shape index (κ1) is 15.0. The van der Waals surface area contributed by atoms with Crippen LogP contribution in [0.4, 0.5) is 0 Å². The minimum Gasteiger partial charge on any atom is -0.497 e. The van der Waals surface area contributed by atoms with Crippen LogP contribution in [-0.2, 0) is 4.74 Å². The van der Waals surface area contributed by atoms with Crippen LogP contribution in [0.15, 0.2) is 29.6 Å². The molecule has 0 aliphatic rings. The fourth-order valence-electron chi connectivity index (χ4n) is 1.95. The zero-order chi connectivity index (χ0) is 14.4. The number of nitrogens with zero attached hydrogens (tertiary/aromatic N) is 1. The van der Waals surface area contributed by atoms with Crippen molar-refractivity contribution in [1.29, 1.82) is 0 Å². The molecule has 2 aromatic rings. The fraction of sp³-hybridized carbons (Fsp3) is 0.400. The van der Waals surface area contributed by atoms with Crippen molar-refractivity contribution in [2.45, 2.75) is 13.0 Å². The molecule has 0 fully saturated rings. The van der Waals surface area contributed by atoms with Gasteiger partial charge in [-0.25, -0.2) is 4.98 Å². The zero-order valence-corrected chi connectivity index (χ0v) is 12.9. The average molecular weight is 292 g/mol. The van der Waals surface area contributed by atoms with Gasteiger partial charge in [-0.3, -0.25) is 0 Å². The molecule has 0 spiro atoms. The fourth-order valence-corrected chi connectivity index (χ4v) is 2.85. The SMILES string of the molecule is COCCNC(c1ccc(OC)cc1)c1nc(C)cs1. The minimum atomic E-state index is 0.0924. The molecule has 1 unspecified atom stereocenters. The number of ether oxygens (including phenoxy) is 2. The Labute approximate surface area is 123 Å². The highest BCUT2D eigenvalue weighted by atomic mass is 32.1. The molecule has 1 heterocycles. The lowest BCUT2D eigenvalue weighted by Gasteiger charge is -2.17. The van der Waals surface area contributed by atoms with Crippen LogP contribution >= 0.6 is 11.3 Å². The third-order valence-corrected chi connectivity index (χ3v) is 4.01. The van der Waals surface area contributed by atoms with Crippen LogP contribution in [0.1, 0.15) is 22.3 Å². The second-order valence-corrected chi connectivity index (χ2v) is 5.37. The molecule has 2 rings (SSSR count). The molecular formula is C15H20N2O2S. The normalized spacial score (nSPS) is 12.3. The van der Waals surface area contributed by atoms with Crippen molar-refractivity contribution >= 4 is 11.3 Å². The van der Waals surface area contributed by atoms with Crippen LogP contribution < -0.4 is 10.1 Å². The molecule has 1 N–H and O–H groups in total. The highest BCUT2D eigenvalue weighted by molar-refractivity contribution is 7.09. The molecule has 0 saturated heterocycles. The van der Waals surface area contributed by atoms with E-state index in [2.05, 4.69) is 27.8 Å². The summed E-state index contributed by atoms with van der Waals surface area (Å²) < 4.78 is 10.3. The van der Waals surface area contributed by atoms with E-state index in [4.69, 9.17) is 9.47 Å². The van der Waals surface area contributed by atoms with Crippen molar-refractivity contribution in [3.63, 3.8) is 0 Å². The quantitative estimate of drug-likeness (QED) is 0.797. The van der Waals surface area contributed by atoms with E-state index in [-0.39, 0.29) is 6.04 Å². The largest absolute Gasteiger partial charge is 0.497 e. The van der Waals surface area contributed by atoms with Crippen molar-refractivity contribution in [3.05, 3.63) is 45.9 Å². The Kier molecular flexibility index (Phi) is 5.52. The molecule has 1 atom stereocenters. The average Bonchev–Trinajstić information content (AvgIpc) is 2.90. The van der Waals surface area contributed by atoms with E-state index in [1.165, 1.54) is 5.56 Å². The summed E-state index contributed by atoms with van der Waals surface area (Å²) in [5.74, 6) is 0.861. The van der Waals surface area contributed by atoms with Gasteiger partial charge in [-0.1, -0.05) is 12.1 Å². The van der Waals surface area contributed by atoms with Crippen molar-refractivity contribution in [3.8, 4) is 5.75 Å². The van der Waals surface area contributed by atoms with Gasteiger partial charge in [0, 0.05) is 24.7 Å². The molecule has 4 nitrogen and oxygen atoms in total. The topological polar surface area (TPSA) is 43.4 Å². The molecule has 0 aliphatic heterocycles. The number of hydrogen-bond donors (Lipinski definition) is 1. The maximum absolute atomic E-state index is 5.20. The summed E-state index contributed by atoms with van der Waals surface area (Å²) in [5.41, 5.74) is 2.23. The molecule has 0 radical (unpaired) electrons. The maximum atomic E-state index is 5.20. The molecule has 0 amide bonds. The molecule has 108 valence electrons. The molecule has 5 heteroatoms. The first-order valence-electron chi connectivity index (χ1n) is 6.53. The lowest BCUT2D eigenvalue weighted by atomic mass is 10.1. The monoisotopic (exact) mass is 292 g/mol. The van der Waals surface area contributed by atoms with Gasteiger partial charge in [0.15, 0.2) is 0 Å². The van der Waals surface area contributed by atoms with E-state index >= 15 is 0 Å². The van der Waals surface area contributed by atoms with Crippen LogP contribution in [-0.4, -0.2) is 32.4 Å². The van der Waals surface area contributed by atoms with Gasteiger partial charge in [0.05, 0.1) is 19.8 Å². The van der Waals surface area contributed by atoms with Gasteiger partial charge in [0.1, 0.15) is 10.8 Å². The Bertz CT molecular complexity index is 525. The van der Waals surface area contributed by atoms with Crippen LogP contribution in [0.3, 0.4) is 0 Å². The van der Waals surface area contributed by atoms with E-state index in [9.17, 15) is 0 Å². The van der Waals surface area contributed by atoms with Gasteiger partial charge >= 0.3 is 0 Å². The number of aromatic nitrogens is 1. The number of aryl methyl sites for hydroxylation is 1. The summed E-state index contributed by atoms with van der Waals surface area (Å²) >= 11 is 1.67. The maximum Gasteiger partial charge on any atom is 0.118 e. The van der Waals surface area contributed by atoms with Gasteiger partial charge in [-0.2, -0.15) is 0 Å². The lowest BCUT2D eigenvalue weighted by molar-refractivity contribution is 0.197. The number of hydrogen-bond acceptors (Lipinski definition) is 5. The Hall–Kier alpha value is -1.43. The van der Waals surface area contributed by atoms with Crippen molar-refractivity contribution < 1.29 is 9.47 Å². The smallest absolute Gasteiger partial charge is 0.118 e. The van der Waals surface area contributed by atoms with E-state index in [0.717, 1.165) is 23.0 Å². The molecule has 20 heavy (non-hydrogen) atoms. The summed E-state index contributed by atoms with van der Waals surface area (Å²) in [4.78, 5) is 4.59. The molecule has 1 aromatic carbocycles. The van der Waals surface area contributed by atoms with E-state index in [1.807, 2.05) is 19.1 Å². The Morgan fingerprint density at radius 2 is 2.00 bits per heavy atom. The highest BCUT2D eigenvalue weighted by Crippen LogP contribution is 2.26. The summed E-state index contributed by atoms with van der Waals surface area (Å²) in [6, 6.07) is 8.18. The zero-order valence-electron chi connectivity index (χ0n) is 12.1. The summed E-state index contributed by atoms with van der Waals surface area (Å²) in [6.07, 6.45) is 0.